The summed E-state index contributed by atoms with van der Waals surface area (Å²) in [5, 5.41) is 6.54. The molecule has 0 aliphatic carbocycles. The Balaban J connectivity index is 1.46. The van der Waals surface area contributed by atoms with Crippen LogP contribution in [-0.4, -0.2) is 53.2 Å². The van der Waals surface area contributed by atoms with Crippen molar-refractivity contribution in [3.8, 4) is 0 Å². The SMILES string of the molecule is CCOC(=O)N1CCC(Nc2nccc(NCCc3ccccc3F)n2)CC1. The molecule has 1 aromatic carbocycles. The zero-order valence-corrected chi connectivity index (χ0v) is 16.0. The highest BCUT2D eigenvalue weighted by Gasteiger charge is 2.23. The van der Waals surface area contributed by atoms with Crippen molar-refractivity contribution in [2.24, 2.45) is 0 Å². The van der Waals surface area contributed by atoms with Crippen LogP contribution in [-0.2, 0) is 11.2 Å². The molecule has 8 heteroatoms. The number of aromatic nitrogens is 2. The Hall–Kier alpha value is -2.90. The molecule has 0 atom stereocenters. The summed E-state index contributed by atoms with van der Waals surface area (Å²) in [4.78, 5) is 22.2. The van der Waals surface area contributed by atoms with Gasteiger partial charge in [-0.1, -0.05) is 18.2 Å². The molecular formula is C20H26FN5O2. The van der Waals surface area contributed by atoms with E-state index in [1.54, 1.807) is 36.2 Å². The summed E-state index contributed by atoms with van der Waals surface area (Å²) in [5.74, 6) is 1.05. The molecule has 2 N–H and O–H groups in total. The van der Waals surface area contributed by atoms with Crippen molar-refractivity contribution < 1.29 is 13.9 Å². The van der Waals surface area contributed by atoms with Crippen molar-refractivity contribution in [2.45, 2.75) is 32.2 Å². The quantitative estimate of drug-likeness (QED) is 0.759. The first-order valence-electron chi connectivity index (χ1n) is 9.64. The van der Waals surface area contributed by atoms with Gasteiger partial charge in [0.25, 0.3) is 0 Å². The Kier molecular flexibility index (Phi) is 7.00. The molecule has 2 heterocycles. The molecule has 28 heavy (non-hydrogen) atoms. The van der Waals surface area contributed by atoms with Gasteiger partial charge >= 0.3 is 6.09 Å². The van der Waals surface area contributed by atoms with Crippen LogP contribution in [0.1, 0.15) is 25.3 Å². The fourth-order valence-electron chi connectivity index (χ4n) is 3.16. The maximum Gasteiger partial charge on any atom is 0.409 e. The number of ether oxygens (including phenoxy) is 1. The van der Waals surface area contributed by atoms with Crippen LogP contribution in [0, 0.1) is 5.82 Å². The standard InChI is InChI=1S/C20H26FN5O2/c1-2-28-20(27)26-13-9-16(10-14-26)24-19-23-12-8-18(25-19)22-11-7-15-5-3-4-6-17(15)21/h3-6,8,12,16H,2,7,9-11,13-14H2,1H3,(H2,22,23,24,25). The monoisotopic (exact) mass is 387 g/mol. The lowest BCUT2D eigenvalue weighted by Crippen LogP contribution is -2.42. The lowest BCUT2D eigenvalue weighted by molar-refractivity contribution is 0.0983. The molecule has 1 aromatic heterocycles. The Morgan fingerprint density at radius 3 is 2.82 bits per heavy atom. The van der Waals surface area contributed by atoms with E-state index >= 15 is 0 Å². The van der Waals surface area contributed by atoms with Gasteiger partial charge in [-0.3, -0.25) is 0 Å². The molecular weight excluding hydrogens is 361 g/mol. The Labute approximate surface area is 164 Å². The molecule has 2 aromatic rings. The molecule has 1 aliphatic heterocycles. The molecule has 0 saturated carbocycles. The van der Waals surface area contributed by atoms with Crippen LogP contribution < -0.4 is 10.6 Å². The summed E-state index contributed by atoms with van der Waals surface area (Å²) in [6.07, 6.45) is 3.64. The van der Waals surface area contributed by atoms with Gasteiger partial charge in [-0.05, 0) is 43.9 Å². The third-order valence-electron chi connectivity index (χ3n) is 4.67. The van der Waals surface area contributed by atoms with Crippen LogP contribution >= 0.6 is 0 Å². The molecule has 1 fully saturated rings. The summed E-state index contributed by atoms with van der Waals surface area (Å²) in [6, 6.07) is 8.77. The Morgan fingerprint density at radius 1 is 1.29 bits per heavy atom. The van der Waals surface area contributed by atoms with Crippen LogP contribution in [0.25, 0.3) is 0 Å². The topological polar surface area (TPSA) is 79.4 Å². The number of nitrogens with zero attached hydrogens (tertiary/aromatic N) is 3. The van der Waals surface area contributed by atoms with Gasteiger partial charge < -0.3 is 20.3 Å². The van der Waals surface area contributed by atoms with Crippen molar-refractivity contribution in [3.63, 3.8) is 0 Å². The van der Waals surface area contributed by atoms with Gasteiger partial charge in [-0.15, -0.1) is 0 Å². The fourth-order valence-corrected chi connectivity index (χ4v) is 3.16. The molecule has 1 amide bonds. The predicted octanol–water partition coefficient (Wildman–Crippen LogP) is 3.30. The number of hydrogen-bond acceptors (Lipinski definition) is 6. The van der Waals surface area contributed by atoms with Gasteiger partial charge in [0.05, 0.1) is 6.61 Å². The van der Waals surface area contributed by atoms with Gasteiger partial charge in [0.15, 0.2) is 0 Å². The second-order valence-corrected chi connectivity index (χ2v) is 6.64. The number of hydrogen-bond donors (Lipinski definition) is 2. The van der Waals surface area contributed by atoms with E-state index in [-0.39, 0.29) is 18.0 Å². The van der Waals surface area contributed by atoms with Crippen molar-refractivity contribution >= 4 is 17.9 Å². The zero-order chi connectivity index (χ0) is 19.8. The van der Waals surface area contributed by atoms with Crippen LogP contribution in [0.15, 0.2) is 36.5 Å². The van der Waals surface area contributed by atoms with Crippen molar-refractivity contribution in [1.82, 2.24) is 14.9 Å². The van der Waals surface area contributed by atoms with E-state index in [1.165, 1.54) is 6.07 Å². The predicted molar refractivity (Wildman–Crippen MR) is 106 cm³/mol. The highest BCUT2D eigenvalue weighted by molar-refractivity contribution is 5.67. The summed E-state index contributed by atoms with van der Waals surface area (Å²) < 4.78 is 18.7. The summed E-state index contributed by atoms with van der Waals surface area (Å²) in [6.45, 7) is 4.08. The van der Waals surface area contributed by atoms with E-state index in [2.05, 4.69) is 20.6 Å². The third-order valence-corrected chi connectivity index (χ3v) is 4.67. The number of nitrogens with one attached hydrogen (secondary N) is 2. The number of carbonyl (C=O) groups excluding carboxylic acids is 1. The normalized spacial score (nSPS) is 14.6. The minimum atomic E-state index is -0.252. The van der Waals surface area contributed by atoms with E-state index < -0.39 is 0 Å². The number of rotatable bonds is 7. The molecule has 0 radical (unpaired) electrons. The molecule has 0 spiro atoms. The second kappa shape index (κ2) is 9.87. The van der Waals surface area contributed by atoms with Crippen LogP contribution in [0.4, 0.5) is 21.0 Å². The average Bonchev–Trinajstić information content (AvgIpc) is 2.70. The second-order valence-electron chi connectivity index (χ2n) is 6.64. The fraction of sp³-hybridized carbons (Fsp3) is 0.450. The van der Waals surface area contributed by atoms with Crippen molar-refractivity contribution in [3.05, 3.63) is 47.9 Å². The first-order valence-corrected chi connectivity index (χ1v) is 9.64. The molecule has 1 aliphatic rings. The van der Waals surface area contributed by atoms with Crippen molar-refractivity contribution in [1.29, 1.82) is 0 Å². The highest BCUT2D eigenvalue weighted by Crippen LogP contribution is 2.16. The number of anilines is 2. The number of piperidine rings is 1. The van der Waals surface area contributed by atoms with E-state index in [4.69, 9.17) is 4.74 Å². The maximum atomic E-state index is 13.7. The Morgan fingerprint density at radius 2 is 2.07 bits per heavy atom. The minimum Gasteiger partial charge on any atom is -0.450 e. The van der Waals surface area contributed by atoms with Gasteiger partial charge in [0.1, 0.15) is 11.6 Å². The number of halogens is 1. The number of benzene rings is 1. The number of likely N-dealkylation sites (tertiary alicyclic amines) is 1. The summed E-state index contributed by atoms with van der Waals surface area (Å²) in [7, 11) is 0. The molecule has 0 unspecified atom stereocenters. The van der Waals surface area contributed by atoms with E-state index in [0.717, 1.165) is 12.8 Å². The lowest BCUT2D eigenvalue weighted by Gasteiger charge is -2.31. The van der Waals surface area contributed by atoms with Crippen molar-refractivity contribution in [2.75, 3.05) is 36.9 Å². The number of carbonyl (C=O) groups is 1. The van der Waals surface area contributed by atoms with Gasteiger partial charge in [-0.2, -0.15) is 4.98 Å². The molecule has 3 rings (SSSR count). The van der Waals surface area contributed by atoms with Crippen LogP contribution in [0.2, 0.25) is 0 Å². The molecule has 0 bridgehead atoms. The molecule has 1 saturated heterocycles. The molecule has 7 nitrogen and oxygen atoms in total. The first-order chi connectivity index (χ1) is 13.7. The zero-order valence-electron chi connectivity index (χ0n) is 16.0. The molecule has 150 valence electrons. The van der Waals surface area contributed by atoms with Gasteiger partial charge in [0.2, 0.25) is 5.95 Å². The van der Waals surface area contributed by atoms with Crippen LogP contribution in [0.5, 0.6) is 0 Å². The van der Waals surface area contributed by atoms with Crippen LogP contribution in [0.3, 0.4) is 0 Å². The van der Waals surface area contributed by atoms with E-state index in [1.807, 2.05) is 6.07 Å². The largest absolute Gasteiger partial charge is 0.450 e. The summed E-state index contributed by atoms with van der Waals surface area (Å²) in [5.41, 5.74) is 0.677. The highest BCUT2D eigenvalue weighted by atomic mass is 19.1. The number of amides is 1. The Bertz CT molecular complexity index is 781. The summed E-state index contributed by atoms with van der Waals surface area (Å²) >= 11 is 0. The van der Waals surface area contributed by atoms with E-state index in [9.17, 15) is 9.18 Å². The average molecular weight is 387 g/mol. The van der Waals surface area contributed by atoms with E-state index in [0.29, 0.717) is 50.0 Å². The first kappa shape index (κ1) is 19.9. The minimum absolute atomic E-state index is 0.191. The maximum absolute atomic E-state index is 13.7. The lowest BCUT2D eigenvalue weighted by atomic mass is 10.1. The third kappa shape index (κ3) is 5.55. The van der Waals surface area contributed by atoms with Gasteiger partial charge in [0, 0.05) is 31.9 Å². The van der Waals surface area contributed by atoms with Gasteiger partial charge in [-0.25, -0.2) is 14.2 Å². The smallest absolute Gasteiger partial charge is 0.409 e.